The molecule has 0 aliphatic heterocycles. The van der Waals surface area contributed by atoms with Gasteiger partial charge in [-0.1, -0.05) is 62.7 Å². The van der Waals surface area contributed by atoms with Gasteiger partial charge < -0.3 is 5.32 Å². The van der Waals surface area contributed by atoms with Gasteiger partial charge >= 0.3 is 0 Å². The summed E-state index contributed by atoms with van der Waals surface area (Å²) in [5.41, 5.74) is 4.04. The van der Waals surface area contributed by atoms with Crippen molar-refractivity contribution in [2.24, 2.45) is 0 Å². The average Bonchev–Trinajstić information content (AvgIpc) is 2.52. The molecule has 0 aliphatic carbocycles. The fraction of sp³-hybridized carbons (Fsp3) is 0.368. The first-order chi connectivity index (χ1) is 9.79. The van der Waals surface area contributed by atoms with Gasteiger partial charge in [-0.2, -0.15) is 0 Å². The highest BCUT2D eigenvalue weighted by molar-refractivity contribution is 5.45. The predicted octanol–water partition coefficient (Wildman–Crippen LogP) is 5.24. The van der Waals surface area contributed by atoms with E-state index in [0.717, 1.165) is 6.54 Å². The van der Waals surface area contributed by atoms with Crippen molar-refractivity contribution in [1.82, 2.24) is 0 Å². The number of benzene rings is 2. The van der Waals surface area contributed by atoms with Crippen LogP contribution in [-0.2, 0) is 6.42 Å². The number of rotatable bonds is 7. The van der Waals surface area contributed by atoms with Gasteiger partial charge in [0, 0.05) is 12.2 Å². The largest absolute Gasteiger partial charge is 0.384 e. The van der Waals surface area contributed by atoms with Gasteiger partial charge in [0.25, 0.3) is 0 Å². The maximum Gasteiger partial charge on any atom is 0.0340 e. The number of nitrogens with one attached hydrogen (secondary N) is 1. The smallest absolute Gasteiger partial charge is 0.0340 e. The zero-order valence-corrected chi connectivity index (χ0v) is 12.6. The molecule has 0 aliphatic rings. The second-order valence-corrected chi connectivity index (χ2v) is 5.49. The Bertz CT molecular complexity index is 487. The Morgan fingerprint density at radius 3 is 2.30 bits per heavy atom. The lowest BCUT2D eigenvalue weighted by molar-refractivity contribution is 0.794. The normalized spacial score (nSPS) is 12.1. The van der Waals surface area contributed by atoms with Gasteiger partial charge in [-0.15, -0.1) is 0 Å². The molecule has 1 N–H and O–H groups in total. The Morgan fingerprint density at radius 1 is 0.950 bits per heavy atom. The molecule has 2 rings (SSSR count). The van der Waals surface area contributed by atoms with Crippen molar-refractivity contribution >= 4 is 5.69 Å². The SMILES string of the molecule is CCCCc1ccc(NCC(C)c2ccccc2)cc1. The summed E-state index contributed by atoms with van der Waals surface area (Å²) in [6.07, 6.45) is 3.73. The van der Waals surface area contributed by atoms with E-state index in [2.05, 4.69) is 73.8 Å². The third kappa shape index (κ3) is 4.41. The lowest BCUT2D eigenvalue weighted by Gasteiger charge is -2.14. The minimum absolute atomic E-state index is 0.524. The molecule has 106 valence electrons. The molecular weight excluding hydrogens is 242 g/mol. The quantitative estimate of drug-likeness (QED) is 0.723. The Balaban J connectivity index is 1.84. The van der Waals surface area contributed by atoms with Crippen LogP contribution in [0.25, 0.3) is 0 Å². The van der Waals surface area contributed by atoms with Gasteiger partial charge in [0.2, 0.25) is 0 Å². The molecule has 0 saturated carbocycles. The van der Waals surface area contributed by atoms with Crippen molar-refractivity contribution in [2.75, 3.05) is 11.9 Å². The van der Waals surface area contributed by atoms with Gasteiger partial charge in [-0.25, -0.2) is 0 Å². The number of hydrogen-bond acceptors (Lipinski definition) is 1. The topological polar surface area (TPSA) is 12.0 Å². The molecule has 0 radical (unpaired) electrons. The van der Waals surface area contributed by atoms with Crippen molar-refractivity contribution in [1.29, 1.82) is 0 Å². The minimum atomic E-state index is 0.524. The first kappa shape index (κ1) is 14.6. The highest BCUT2D eigenvalue weighted by atomic mass is 14.9. The van der Waals surface area contributed by atoms with E-state index in [1.54, 1.807) is 0 Å². The third-order valence-corrected chi connectivity index (χ3v) is 3.75. The summed E-state index contributed by atoms with van der Waals surface area (Å²) in [6, 6.07) is 19.5. The van der Waals surface area contributed by atoms with Crippen LogP contribution in [0.3, 0.4) is 0 Å². The van der Waals surface area contributed by atoms with Crippen molar-refractivity contribution in [3.63, 3.8) is 0 Å². The van der Waals surface area contributed by atoms with Crippen molar-refractivity contribution in [3.8, 4) is 0 Å². The van der Waals surface area contributed by atoms with Crippen LogP contribution in [0.1, 0.15) is 43.7 Å². The van der Waals surface area contributed by atoms with E-state index >= 15 is 0 Å². The third-order valence-electron chi connectivity index (χ3n) is 3.75. The molecule has 0 spiro atoms. The first-order valence-corrected chi connectivity index (χ1v) is 7.67. The Morgan fingerprint density at radius 2 is 1.65 bits per heavy atom. The number of hydrogen-bond donors (Lipinski definition) is 1. The summed E-state index contributed by atoms with van der Waals surface area (Å²) in [5.74, 6) is 0.524. The molecule has 1 heteroatoms. The minimum Gasteiger partial charge on any atom is -0.384 e. The Kier molecular flexibility index (Phi) is 5.67. The lowest BCUT2D eigenvalue weighted by atomic mass is 10.0. The average molecular weight is 267 g/mol. The van der Waals surface area contributed by atoms with Crippen molar-refractivity contribution in [3.05, 3.63) is 65.7 Å². The van der Waals surface area contributed by atoms with Gasteiger partial charge in [0.1, 0.15) is 0 Å². The molecule has 2 aromatic rings. The second kappa shape index (κ2) is 7.74. The van der Waals surface area contributed by atoms with E-state index in [1.807, 2.05) is 0 Å². The van der Waals surface area contributed by atoms with Gasteiger partial charge in [0.05, 0.1) is 0 Å². The van der Waals surface area contributed by atoms with Crippen molar-refractivity contribution < 1.29 is 0 Å². The molecule has 0 saturated heterocycles. The fourth-order valence-electron chi connectivity index (χ4n) is 2.34. The van der Waals surface area contributed by atoms with Crippen LogP contribution < -0.4 is 5.32 Å². The van der Waals surface area contributed by atoms with E-state index in [-0.39, 0.29) is 0 Å². The van der Waals surface area contributed by atoms with Gasteiger partial charge in [-0.3, -0.25) is 0 Å². The zero-order chi connectivity index (χ0) is 14.2. The standard InChI is InChI=1S/C19H25N/c1-3-4-8-17-11-13-19(14-12-17)20-15-16(2)18-9-6-5-7-10-18/h5-7,9-14,16,20H,3-4,8,15H2,1-2H3. The van der Waals surface area contributed by atoms with E-state index in [0.29, 0.717) is 5.92 Å². The van der Waals surface area contributed by atoms with Gasteiger partial charge in [-0.05, 0) is 42.0 Å². The summed E-state index contributed by atoms with van der Waals surface area (Å²) in [6.45, 7) is 5.47. The van der Waals surface area contributed by atoms with E-state index in [9.17, 15) is 0 Å². The predicted molar refractivity (Wildman–Crippen MR) is 88.4 cm³/mol. The van der Waals surface area contributed by atoms with Crippen molar-refractivity contribution in [2.45, 2.75) is 39.0 Å². The molecule has 0 amide bonds. The number of aryl methyl sites for hydroxylation is 1. The highest BCUT2D eigenvalue weighted by Crippen LogP contribution is 2.17. The highest BCUT2D eigenvalue weighted by Gasteiger charge is 2.04. The summed E-state index contributed by atoms with van der Waals surface area (Å²) in [4.78, 5) is 0. The van der Waals surface area contributed by atoms with E-state index in [4.69, 9.17) is 0 Å². The summed E-state index contributed by atoms with van der Waals surface area (Å²) in [7, 11) is 0. The molecule has 1 nitrogen and oxygen atoms in total. The van der Waals surface area contributed by atoms with Gasteiger partial charge in [0.15, 0.2) is 0 Å². The molecule has 1 atom stereocenters. The Hall–Kier alpha value is -1.76. The van der Waals surface area contributed by atoms with E-state index < -0.39 is 0 Å². The second-order valence-electron chi connectivity index (χ2n) is 5.49. The molecule has 0 aromatic heterocycles. The van der Waals surface area contributed by atoms with Crippen LogP contribution in [0.15, 0.2) is 54.6 Å². The zero-order valence-electron chi connectivity index (χ0n) is 12.6. The number of unbranched alkanes of at least 4 members (excludes halogenated alkanes) is 1. The molecule has 20 heavy (non-hydrogen) atoms. The van der Waals surface area contributed by atoms with Crippen LogP contribution in [0.2, 0.25) is 0 Å². The monoisotopic (exact) mass is 267 g/mol. The van der Waals surface area contributed by atoms with Crippen LogP contribution >= 0.6 is 0 Å². The summed E-state index contributed by atoms with van der Waals surface area (Å²) < 4.78 is 0. The molecule has 1 unspecified atom stereocenters. The Labute approximate surface area is 123 Å². The summed E-state index contributed by atoms with van der Waals surface area (Å²) in [5, 5.41) is 3.53. The van der Waals surface area contributed by atoms with E-state index in [1.165, 1.54) is 36.1 Å². The lowest BCUT2D eigenvalue weighted by Crippen LogP contribution is -2.09. The first-order valence-electron chi connectivity index (χ1n) is 7.67. The maximum absolute atomic E-state index is 3.53. The van der Waals surface area contributed by atoms with Crippen LogP contribution in [0, 0.1) is 0 Å². The van der Waals surface area contributed by atoms with Crippen LogP contribution in [0.5, 0.6) is 0 Å². The molecule has 0 bridgehead atoms. The molecular formula is C19H25N. The molecule has 0 fully saturated rings. The molecule has 2 aromatic carbocycles. The number of anilines is 1. The maximum atomic E-state index is 3.53. The van der Waals surface area contributed by atoms with Crippen LogP contribution in [0.4, 0.5) is 5.69 Å². The molecule has 0 heterocycles. The fourth-order valence-corrected chi connectivity index (χ4v) is 2.34. The van der Waals surface area contributed by atoms with Crippen LogP contribution in [-0.4, -0.2) is 6.54 Å². The summed E-state index contributed by atoms with van der Waals surface area (Å²) >= 11 is 0.